The van der Waals surface area contributed by atoms with Crippen LogP contribution < -0.4 is 0 Å². The van der Waals surface area contributed by atoms with Crippen molar-refractivity contribution < 1.29 is 70.1 Å². The highest BCUT2D eigenvalue weighted by molar-refractivity contribution is 5.77. The van der Waals surface area contributed by atoms with E-state index in [4.69, 9.17) is 19.3 Å². The van der Waals surface area contributed by atoms with Gasteiger partial charge in [-0.2, -0.15) is 0 Å². The van der Waals surface area contributed by atoms with Crippen LogP contribution in [0.2, 0.25) is 0 Å². The molecule has 6 rings (SSSR count). The van der Waals surface area contributed by atoms with Gasteiger partial charge in [0.05, 0.1) is 43.5 Å². The second kappa shape index (κ2) is 14.9. The molecular weight excluding hydrogens is 716 g/mol. The first kappa shape index (κ1) is 43.1. The van der Waals surface area contributed by atoms with E-state index < -0.39 is 102 Å². The third-order valence-corrected chi connectivity index (χ3v) is 16.4. The van der Waals surface area contributed by atoms with Crippen molar-refractivity contribution >= 4 is 5.97 Å². The summed E-state index contributed by atoms with van der Waals surface area (Å²) in [5, 5.41) is 105. The first-order valence-corrected chi connectivity index (χ1v) is 20.1. The molecule has 3 saturated carbocycles. The molecule has 14 heteroatoms. The molecule has 0 spiro atoms. The summed E-state index contributed by atoms with van der Waals surface area (Å²) in [5.74, 6) is -0.600. The number of rotatable bonds is 10. The first-order valence-electron chi connectivity index (χ1n) is 20.1. The molecule has 1 aliphatic heterocycles. The van der Waals surface area contributed by atoms with Crippen molar-refractivity contribution in [2.45, 2.75) is 154 Å². The van der Waals surface area contributed by atoms with Crippen molar-refractivity contribution in [3.05, 3.63) is 23.3 Å². The molecule has 10 N–H and O–H groups in total. The lowest BCUT2D eigenvalue weighted by Crippen LogP contribution is -2.66. The normalized spacial score (nSPS) is 49.9. The lowest BCUT2D eigenvalue weighted by molar-refractivity contribution is -0.327. The summed E-state index contributed by atoms with van der Waals surface area (Å²) in [7, 11) is 0. The molecule has 0 bridgehead atoms. The van der Waals surface area contributed by atoms with Crippen LogP contribution in [0, 0.1) is 44.3 Å². The highest BCUT2D eigenvalue weighted by atomic mass is 16.7. The summed E-state index contributed by atoms with van der Waals surface area (Å²) in [6.07, 6.45) is -3.95. The fourth-order valence-electron chi connectivity index (χ4n) is 12.4. The lowest BCUT2D eigenvalue weighted by Gasteiger charge is -2.70. The zero-order valence-corrected chi connectivity index (χ0v) is 33.2. The molecular formula is C41H66O14. The highest BCUT2D eigenvalue weighted by Crippen LogP contribution is 2.74. The maximum atomic E-state index is 13.7. The van der Waals surface area contributed by atoms with Gasteiger partial charge in [0, 0.05) is 16.2 Å². The van der Waals surface area contributed by atoms with Crippen LogP contribution in [0.4, 0.5) is 0 Å². The Hall–Kier alpha value is -1.53. The summed E-state index contributed by atoms with van der Waals surface area (Å²) in [4.78, 5) is 13.7. The zero-order chi connectivity index (χ0) is 40.7. The summed E-state index contributed by atoms with van der Waals surface area (Å²) >= 11 is 0. The third-order valence-electron chi connectivity index (χ3n) is 16.4. The SMILES string of the molecule is C[C@H]1O[C@@H](O[C@H]2CC[C@@]3(C)C(CC[C@]4(C)C3C=CC3=C5C[C@@](C)(C(=O)OCC(O)C(O)C(O)CO)CC[C@]5(CO)[C@H](O)C[C@]34C)[C@]2(C)CO)[C@H](O)[C@H](O)[C@@H]1O. The van der Waals surface area contributed by atoms with E-state index in [0.29, 0.717) is 25.7 Å². The van der Waals surface area contributed by atoms with Gasteiger partial charge in [-0.25, -0.2) is 0 Å². The number of hydrogen-bond donors (Lipinski definition) is 10. The van der Waals surface area contributed by atoms with Gasteiger partial charge in [-0.1, -0.05) is 45.4 Å². The molecule has 314 valence electrons. The molecule has 0 radical (unpaired) electrons. The van der Waals surface area contributed by atoms with Gasteiger partial charge in [-0.05, 0) is 93.5 Å². The number of aliphatic hydroxyl groups excluding tert-OH is 10. The summed E-state index contributed by atoms with van der Waals surface area (Å²) < 4.78 is 17.7. The quantitative estimate of drug-likeness (QED) is 0.107. The molecule has 0 aromatic rings. The van der Waals surface area contributed by atoms with Crippen LogP contribution in [-0.2, 0) is 19.0 Å². The number of ether oxygens (including phenoxy) is 3. The van der Waals surface area contributed by atoms with E-state index in [9.17, 15) is 50.8 Å². The average Bonchev–Trinajstić information content (AvgIpc) is 3.15. The molecule has 18 atom stereocenters. The lowest BCUT2D eigenvalue weighted by atomic mass is 9.35. The van der Waals surface area contributed by atoms with Crippen molar-refractivity contribution in [1.82, 2.24) is 0 Å². The van der Waals surface area contributed by atoms with Crippen molar-refractivity contribution in [3.63, 3.8) is 0 Å². The number of carbonyl (C=O) groups is 1. The Balaban J connectivity index is 1.31. The maximum absolute atomic E-state index is 13.7. The summed E-state index contributed by atoms with van der Waals surface area (Å²) in [6, 6.07) is 0. The molecule has 1 heterocycles. The molecule has 0 aromatic heterocycles. The van der Waals surface area contributed by atoms with E-state index in [1.54, 1.807) is 13.8 Å². The number of carbonyl (C=O) groups excluding carboxylic acids is 1. The maximum Gasteiger partial charge on any atom is 0.312 e. The van der Waals surface area contributed by atoms with Crippen molar-refractivity contribution in [3.8, 4) is 0 Å². The minimum Gasteiger partial charge on any atom is -0.462 e. The van der Waals surface area contributed by atoms with Crippen molar-refractivity contribution in [2.24, 2.45) is 44.3 Å². The molecule has 6 aliphatic rings. The van der Waals surface area contributed by atoms with E-state index in [-0.39, 0.29) is 42.3 Å². The topological polar surface area (TPSA) is 247 Å². The van der Waals surface area contributed by atoms with Crippen LogP contribution in [0.25, 0.3) is 0 Å². The number of allylic oxidation sites excluding steroid dienone is 3. The zero-order valence-electron chi connectivity index (χ0n) is 33.2. The third kappa shape index (κ3) is 6.40. The number of fused-ring (bicyclic) bond motifs is 6. The number of hydrogen-bond acceptors (Lipinski definition) is 14. The van der Waals surface area contributed by atoms with Crippen LogP contribution >= 0.6 is 0 Å². The van der Waals surface area contributed by atoms with E-state index in [1.807, 2.05) is 6.92 Å². The Kier molecular flexibility index (Phi) is 11.7. The van der Waals surface area contributed by atoms with Gasteiger partial charge in [-0.15, -0.1) is 0 Å². The molecule has 1 saturated heterocycles. The van der Waals surface area contributed by atoms with Crippen molar-refractivity contribution in [2.75, 3.05) is 26.4 Å². The van der Waals surface area contributed by atoms with E-state index in [1.165, 1.54) is 0 Å². The molecule has 5 aliphatic carbocycles. The minimum absolute atomic E-state index is 0.0110. The second-order valence-corrected chi connectivity index (χ2v) is 19.3. The predicted molar refractivity (Wildman–Crippen MR) is 197 cm³/mol. The van der Waals surface area contributed by atoms with Gasteiger partial charge in [0.2, 0.25) is 0 Å². The first-order chi connectivity index (χ1) is 25.6. The van der Waals surface area contributed by atoms with Crippen LogP contribution in [-0.4, -0.2) is 145 Å². The fourth-order valence-corrected chi connectivity index (χ4v) is 12.4. The van der Waals surface area contributed by atoms with Crippen molar-refractivity contribution in [1.29, 1.82) is 0 Å². The number of aliphatic hydroxyl groups is 10. The molecule has 14 nitrogen and oxygen atoms in total. The Bertz CT molecular complexity index is 1500. The number of esters is 1. The molecule has 4 fully saturated rings. The van der Waals surface area contributed by atoms with E-state index >= 15 is 0 Å². The van der Waals surface area contributed by atoms with Gasteiger partial charge >= 0.3 is 5.97 Å². The van der Waals surface area contributed by atoms with Crippen LogP contribution in [0.1, 0.15) is 92.9 Å². The van der Waals surface area contributed by atoms with Gasteiger partial charge in [-0.3, -0.25) is 4.79 Å². The fraction of sp³-hybridized carbons (Fsp3) is 0.878. The largest absolute Gasteiger partial charge is 0.462 e. The van der Waals surface area contributed by atoms with Gasteiger partial charge in [0.15, 0.2) is 6.29 Å². The van der Waals surface area contributed by atoms with E-state index in [0.717, 1.165) is 30.4 Å². The molecule has 0 amide bonds. The monoisotopic (exact) mass is 782 g/mol. The molecule has 55 heavy (non-hydrogen) atoms. The Morgan fingerprint density at radius 2 is 1.58 bits per heavy atom. The van der Waals surface area contributed by atoms with Crippen LogP contribution in [0.3, 0.4) is 0 Å². The summed E-state index contributed by atoms with van der Waals surface area (Å²) in [6.45, 7) is 10.3. The Morgan fingerprint density at radius 1 is 0.891 bits per heavy atom. The Morgan fingerprint density at radius 3 is 2.22 bits per heavy atom. The highest BCUT2D eigenvalue weighted by Gasteiger charge is 2.69. The standard InChI is InChI=1S/C41H66O14/c1-21-30(48)32(50)33(51)34(54-21)55-29-10-11-37(3)26(38(29,4)19-43)9-12-39(5)27(37)8-7-22-23-15-36(2,35(52)53-18-25(46)31(49)24(45)17-42)13-14-41(23,20-44)28(47)16-40(22,39)6/h7-8,21,24-34,42-51H,9-20H2,1-6H3/t21-,24?,25?,26?,27?,28-,29+,30-,31?,32-,33-,34+,36+,37+,38+,39-,40-,41-/m1/s1. The van der Waals surface area contributed by atoms with Gasteiger partial charge < -0.3 is 65.3 Å². The smallest absolute Gasteiger partial charge is 0.312 e. The molecule has 5 unspecified atom stereocenters. The van der Waals surface area contributed by atoms with Gasteiger partial charge in [0.1, 0.15) is 43.2 Å². The van der Waals surface area contributed by atoms with E-state index in [2.05, 4.69) is 32.9 Å². The minimum atomic E-state index is -1.71. The van der Waals surface area contributed by atoms with Crippen LogP contribution in [0.15, 0.2) is 23.3 Å². The van der Waals surface area contributed by atoms with Gasteiger partial charge in [0.25, 0.3) is 0 Å². The molecule has 0 aromatic carbocycles. The second-order valence-electron chi connectivity index (χ2n) is 19.3. The Labute approximate surface area is 323 Å². The average molecular weight is 783 g/mol. The summed E-state index contributed by atoms with van der Waals surface area (Å²) in [5.41, 5.74) is -2.18. The predicted octanol–water partition coefficient (Wildman–Crippen LogP) is 0.455. The van der Waals surface area contributed by atoms with Crippen LogP contribution in [0.5, 0.6) is 0 Å².